The number of nitrogens with two attached hydrogens (primary N) is 1. The van der Waals surface area contributed by atoms with Crippen LogP contribution in [0.1, 0.15) is 17.0 Å². The van der Waals surface area contributed by atoms with E-state index in [2.05, 4.69) is 0 Å². The summed E-state index contributed by atoms with van der Waals surface area (Å²) in [4.78, 5) is 10.6. The zero-order chi connectivity index (χ0) is 8.55. The molecule has 0 spiro atoms. The highest BCUT2D eigenvalue weighted by molar-refractivity contribution is 5.82. The maximum absolute atomic E-state index is 10.6. The lowest BCUT2D eigenvalue weighted by molar-refractivity contribution is -0.108. The van der Waals surface area contributed by atoms with Crippen LogP contribution in [-0.2, 0) is 4.79 Å². The predicted octanol–water partition coefficient (Wildman–Crippen LogP) is 1.28. The van der Waals surface area contributed by atoms with E-state index in [1.807, 2.05) is 24.3 Å². The second kappa shape index (κ2) is 2.48. The van der Waals surface area contributed by atoms with E-state index in [1.165, 1.54) is 0 Å². The quantitative estimate of drug-likeness (QED) is 0.627. The lowest BCUT2D eigenvalue weighted by atomic mass is 10.0. The first-order chi connectivity index (χ1) is 5.83. The Hall–Kier alpha value is -1.57. The fourth-order valence-corrected chi connectivity index (χ4v) is 1.54. The van der Waals surface area contributed by atoms with Crippen molar-refractivity contribution in [1.82, 2.24) is 0 Å². The molecule has 60 valence electrons. The average molecular weight is 159 g/mol. The summed E-state index contributed by atoms with van der Waals surface area (Å²) in [7, 11) is 0. The van der Waals surface area contributed by atoms with E-state index >= 15 is 0 Å². The molecular formula is C10H9NO. The molecule has 0 amide bonds. The molecule has 1 atom stereocenters. The summed E-state index contributed by atoms with van der Waals surface area (Å²) in [5.41, 5.74) is 8.44. The van der Waals surface area contributed by atoms with Gasteiger partial charge in [-0.1, -0.05) is 24.3 Å². The fourth-order valence-electron chi connectivity index (χ4n) is 1.54. The van der Waals surface area contributed by atoms with Crippen molar-refractivity contribution in [2.24, 2.45) is 5.73 Å². The monoisotopic (exact) mass is 159 g/mol. The fraction of sp³-hybridized carbons (Fsp3) is 0.100. The van der Waals surface area contributed by atoms with E-state index in [1.54, 1.807) is 6.08 Å². The highest BCUT2D eigenvalue weighted by Crippen LogP contribution is 2.31. The molecule has 1 aromatic carbocycles. The smallest absolute Gasteiger partial charge is 0.131 e. The normalized spacial score (nSPS) is 20.0. The lowest BCUT2D eigenvalue weighted by Crippen LogP contribution is -1.94. The number of benzene rings is 1. The van der Waals surface area contributed by atoms with Crippen molar-refractivity contribution >= 4 is 12.0 Å². The molecule has 0 saturated heterocycles. The van der Waals surface area contributed by atoms with Crippen LogP contribution in [-0.4, -0.2) is 6.29 Å². The van der Waals surface area contributed by atoms with Gasteiger partial charge in [0.05, 0.1) is 5.92 Å². The van der Waals surface area contributed by atoms with Crippen molar-refractivity contribution in [3.05, 3.63) is 41.5 Å². The number of aldehydes is 1. The number of hydrogen-bond donors (Lipinski definition) is 1. The van der Waals surface area contributed by atoms with Crippen LogP contribution in [0.2, 0.25) is 0 Å². The van der Waals surface area contributed by atoms with Gasteiger partial charge in [-0.15, -0.1) is 0 Å². The third-order valence-corrected chi connectivity index (χ3v) is 2.14. The molecule has 0 aromatic heterocycles. The Morgan fingerprint density at radius 3 is 2.83 bits per heavy atom. The summed E-state index contributed by atoms with van der Waals surface area (Å²) >= 11 is 0. The van der Waals surface area contributed by atoms with Gasteiger partial charge < -0.3 is 10.5 Å². The van der Waals surface area contributed by atoms with E-state index in [0.29, 0.717) is 5.70 Å². The summed E-state index contributed by atoms with van der Waals surface area (Å²) < 4.78 is 0. The third kappa shape index (κ3) is 0.848. The van der Waals surface area contributed by atoms with Crippen molar-refractivity contribution in [3.63, 3.8) is 0 Å². The number of carbonyl (C=O) groups is 1. The molecule has 1 aliphatic rings. The summed E-state index contributed by atoms with van der Waals surface area (Å²) in [5, 5.41) is 0. The van der Waals surface area contributed by atoms with Crippen LogP contribution in [0.5, 0.6) is 0 Å². The molecule has 0 radical (unpaired) electrons. The summed E-state index contributed by atoms with van der Waals surface area (Å²) in [6.45, 7) is 0. The van der Waals surface area contributed by atoms with Crippen LogP contribution < -0.4 is 5.73 Å². The van der Waals surface area contributed by atoms with Crippen LogP contribution in [0.3, 0.4) is 0 Å². The van der Waals surface area contributed by atoms with Gasteiger partial charge in [0.2, 0.25) is 0 Å². The molecule has 1 unspecified atom stereocenters. The van der Waals surface area contributed by atoms with Gasteiger partial charge in [-0.3, -0.25) is 0 Å². The van der Waals surface area contributed by atoms with Crippen LogP contribution in [0.4, 0.5) is 0 Å². The Kier molecular flexibility index (Phi) is 1.47. The summed E-state index contributed by atoms with van der Waals surface area (Å²) in [6, 6.07) is 7.71. The van der Waals surface area contributed by atoms with E-state index < -0.39 is 0 Å². The largest absolute Gasteiger partial charge is 0.398 e. The Balaban J connectivity index is 2.59. The number of rotatable bonds is 1. The van der Waals surface area contributed by atoms with E-state index in [0.717, 1.165) is 17.4 Å². The van der Waals surface area contributed by atoms with Crippen molar-refractivity contribution in [2.75, 3.05) is 0 Å². The number of allylic oxidation sites excluding steroid dienone is 1. The molecule has 2 N–H and O–H groups in total. The van der Waals surface area contributed by atoms with Gasteiger partial charge >= 0.3 is 0 Å². The minimum atomic E-state index is -0.138. The van der Waals surface area contributed by atoms with Gasteiger partial charge in [0.15, 0.2) is 0 Å². The predicted molar refractivity (Wildman–Crippen MR) is 47.4 cm³/mol. The van der Waals surface area contributed by atoms with Crippen molar-refractivity contribution < 1.29 is 4.79 Å². The van der Waals surface area contributed by atoms with Crippen LogP contribution in [0.25, 0.3) is 5.70 Å². The molecule has 0 bridgehead atoms. The number of hydrogen-bond acceptors (Lipinski definition) is 2. The Morgan fingerprint density at radius 2 is 2.08 bits per heavy atom. The number of fused-ring (bicyclic) bond motifs is 1. The molecule has 1 aliphatic carbocycles. The summed E-state index contributed by atoms with van der Waals surface area (Å²) in [6.07, 6.45) is 2.70. The van der Waals surface area contributed by atoms with E-state index in [4.69, 9.17) is 5.73 Å². The first kappa shape index (κ1) is 7.10. The molecule has 2 heteroatoms. The minimum absolute atomic E-state index is 0.138. The zero-order valence-electron chi connectivity index (χ0n) is 6.53. The van der Waals surface area contributed by atoms with Crippen LogP contribution in [0, 0.1) is 0 Å². The van der Waals surface area contributed by atoms with E-state index in [-0.39, 0.29) is 5.92 Å². The Morgan fingerprint density at radius 1 is 1.33 bits per heavy atom. The Bertz CT molecular complexity index is 355. The highest BCUT2D eigenvalue weighted by Gasteiger charge is 2.19. The molecule has 0 heterocycles. The standard InChI is InChI=1S/C10H9NO/c11-10-5-7(6-12)8-3-1-2-4-9(8)10/h1-7H,11H2. The first-order valence-electron chi connectivity index (χ1n) is 3.85. The molecule has 0 aliphatic heterocycles. The second-order valence-electron chi connectivity index (χ2n) is 2.87. The molecule has 12 heavy (non-hydrogen) atoms. The van der Waals surface area contributed by atoms with Crippen LogP contribution >= 0.6 is 0 Å². The van der Waals surface area contributed by atoms with Gasteiger partial charge in [-0.05, 0) is 11.6 Å². The SMILES string of the molecule is NC1=CC(C=O)c2ccccc21. The Labute approximate surface area is 70.7 Å². The van der Waals surface area contributed by atoms with Crippen LogP contribution in [0.15, 0.2) is 30.3 Å². The molecule has 1 aromatic rings. The van der Waals surface area contributed by atoms with Gasteiger partial charge in [-0.2, -0.15) is 0 Å². The molecule has 2 rings (SSSR count). The van der Waals surface area contributed by atoms with Crippen molar-refractivity contribution in [3.8, 4) is 0 Å². The second-order valence-corrected chi connectivity index (χ2v) is 2.87. The van der Waals surface area contributed by atoms with Gasteiger partial charge in [0.25, 0.3) is 0 Å². The van der Waals surface area contributed by atoms with Gasteiger partial charge in [0, 0.05) is 11.3 Å². The van der Waals surface area contributed by atoms with Crippen molar-refractivity contribution in [2.45, 2.75) is 5.92 Å². The maximum Gasteiger partial charge on any atom is 0.131 e. The van der Waals surface area contributed by atoms with Gasteiger partial charge in [-0.25, -0.2) is 0 Å². The maximum atomic E-state index is 10.6. The van der Waals surface area contributed by atoms with Gasteiger partial charge in [0.1, 0.15) is 6.29 Å². The topological polar surface area (TPSA) is 43.1 Å². The zero-order valence-corrected chi connectivity index (χ0v) is 6.53. The van der Waals surface area contributed by atoms with E-state index in [9.17, 15) is 4.79 Å². The molecule has 0 fully saturated rings. The molecular weight excluding hydrogens is 150 g/mol. The van der Waals surface area contributed by atoms with Crippen molar-refractivity contribution in [1.29, 1.82) is 0 Å². The highest BCUT2D eigenvalue weighted by atomic mass is 16.1. The summed E-state index contributed by atoms with van der Waals surface area (Å²) in [5.74, 6) is -0.138. The molecule has 0 saturated carbocycles. The number of carbonyl (C=O) groups excluding carboxylic acids is 1. The average Bonchev–Trinajstić information content (AvgIpc) is 2.44. The molecule has 2 nitrogen and oxygen atoms in total. The minimum Gasteiger partial charge on any atom is -0.398 e. The first-order valence-corrected chi connectivity index (χ1v) is 3.85. The third-order valence-electron chi connectivity index (χ3n) is 2.14. The lowest BCUT2D eigenvalue weighted by Gasteiger charge is -2.01.